The number of fused-ring (bicyclic) bond motifs is 1. The molecular formula is C19H27N5O2. The summed E-state index contributed by atoms with van der Waals surface area (Å²) in [7, 11) is 6.20. The molecule has 140 valence electrons. The molecule has 2 aliphatic rings. The highest BCUT2D eigenvalue weighted by Gasteiger charge is 2.26. The van der Waals surface area contributed by atoms with E-state index in [1.807, 2.05) is 6.07 Å². The Morgan fingerprint density at radius 2 is 2.04 bits per heavy atom. The van der Waals surface area contributed by atoms with Gasteiger partial charge >= 0.3 is 0 Å². The van der Waals surface area contributed by atoms with Gasteiger partial charge in [-0.15, -0.1) is 10.2 Å². The minimum atomic E-state index is 0.325. The van der Waals surface area contributed by atoms with Crippen LogP contribution in [0.15, 0.2) is 18.2 Å². The molecular weight excluding hydrogens is 330 g/mol. The predicted octanol–water partition coefficient (Wildman–Crippen LogP) is 1.98. The first-order chi connectivity index (χ1) is 12.6. The van der Waals surface area contributed by atoms with Crippen LogP contribution >= 0.6 is 0 Å². The normalized spacial score (nSPS) is 20.1. The van der Waals surface area contributed by atoms with Gasteiger partial charge in [0.25, 0.3) is 0 Å². The van der Waals surface area contributed by atoms with Crippen molar-refractivity contribution in [1.82, 2.24) is 24.6 Å². The first kappa shape index (κ1) is 17.3. The van der Waals surface area contributed by atoms with E-state index < -0.39 is 0 Å². The zero-order valence-corrected chi connectivity index (χ0v) is 15.8. The second-order valence-electron chi connectivity index (χ2n) is 7.53. The lowest BCUT2D eigenvalue weighted by Crippen LogP contribution is -2.34. The minimum absolute atomic E-state index is 0.325. The van der Waals surface area contributed by atoms with Gasteiger partial charge in [0, 0.05) is 26.1 Å². The maximum absolute atomic E-state index is 5.50. The molecule has 7 nitrogen and oxygen atoms in total. The highest BCUT2D eigenvalue weighted by Crippen LogP contribution is 2.33. The molecule has 1 aromatic heterocycles. The third-order valence-corrected chi connectivity index (χ3v) is 5.17. The van der Waals surface area contributed by atoms with E-state index in [-0.39, 0.29) is 0 Å². The number of benzene rings is 1. The highest BCUT2D eigenvalue weighted by atomic mass is 16.7. The summed E-state index contributed by atoms with van der Waals surface area (Å²) in [5, 5.41) is 8.91. The van der Waals surface area contributed by atoms with E-state index in [0.717, 1.165) is 49.3 Å². The maximum Gasteiger partial charge on any atom is 0.231 e. The molecule has 1 atom stereocenters. The summed E-state index contributed by atoms with van der Waals surface area (Å²) in [6.45, 7) is 4.20. The summed E-state index contributed by atoms with van der Waals surface area (Å²) in [6, 6.07) is 6.24. The van der Waals surface area contributed by atoms with Crippen LogP contribution in [0.1, 0.15) is 36.0 Å². The summed E-state index contributed by atoms with van der Waals surface area (Å²) in [5.41, 5.74) is 1.26. The molecule has 26 heavy (non-hydrogen) atoms. The fraction of sp³-hybridized carbons (Fsp3) is 0.579. The molecule has 3 heterocycles. The van der Waals surface area contributed by atoms with Crippen molar-refractivity contribution in [1.29, 1.82) is 0 Å². The number of nitrogens with zero attached hydrogens (tertiary/aromatic N) is 5. The van der Waals surface area contributed by atoms with E-state index in [0.29, 0.717) is 12.7 Å². The zero-order valence-electron chi connectivity index (χ0n) is 15.8. The van der Waals surface area contributed by atoms with Crippen LogP contribution < -0.4 is 9.47 Å². The van der Waals surface area contributed by atoms with Gasteiger partial charge in [0.05, 0.1) is 6.54 Å². The van der Waals surface area contributed by atoms with Crippen molar-refractivity contribution in [3.05, 3.63) is 35.4 Å². The van der Waals surface area contributed by atoms with E-state index in [1.165, 1.54) is 18.4 Å². The van der Waals surface area contributed by atoms with Gasteiger partial charge in [-0.1, -0.05) is 6.07 Å². The van der Waals surface area contributed by atoms with Crippen LogP contribution in [0, 0.1) is 0 Å². The molecule has 2 aliphatic heterocycles. The molecule has 7 heteroatoms. The number of piperidine rings is 1. The number of hydrogen-bond acceptors (Lipinski definition) is 6. The summed E-state index contributed by atoms with van der Waals surface area (Å²) >= 11 is 0. The molecule has 0 aliphatic carbocycles. The Morgan fingerprint density at radius 3 is 2.88 bits per heavy atom. The second-order valence-corrected chi connectivity index (χ2v) is 7.53. The Morgan fingerprint density at radius 1 is 1.19 bits per heavy atom. The standard InChI is InChI=1S/C19H27N5O2/c1-22(2)12-18-20-21-19(23(18)3)15-5-4-8-24(11-15)10-14-6-7-16-17(9-14)26-13-25-16/h6-7,9,15H,4-5,8,10-13H2,1-3H3. The van der Waals surface area contributed by atoms with Crippen LogP contribution in [0.3, 0.4) is 0 Å². The smallest absolute Gasteiger partial charge is 0.231 e. The van der Waals surface area contributed by atoms with E-state index in [1.54, 1.807) is 0 Å². The quantitative estimate of drug-likeness (QED) is 0.816. The second kappa shape index (κ2) is 7.25. The fourth-order valence-corrected chi connectivity index (χ4v) is 3.86. The minimum Gasteiger partial charge on any atom is -0.454 e. The van der Waals surface area contributed by atoms with E-state index in [2.05, 4.69) is 57.8 Å². The van der Waals surface area contributed by atoms with Crippen LogP contribution in [-0.2, 0) is 20.1 Å². The predicted molar refractivity (Wildman–Crippen MR) is 98.2 cm³/mol. The maximum atomic E-state index is 5.50. The molecule has 1 fully saturated rings. The van der Waals surface area contributed by atoms with Crippen molar-refractivity contribution < 1.29 is 9.47 Å². The largest absolute Gasteiger partial charge is 0.454 e. The van der Waals surface area contributed by atoms with Gasteiger partial charge in [-0.25, -0.2) is 0 Å². The van der Waals surface area contributed by atoms with Crippen LogP contribution in [0.2, 0.25) is 0 Å². The molecule has 1 unspecified atom stereocenters. The van der Waals surface area contributed by atoms with E-state index in [9.17, 15) is 0 Å². The number of rotatable bonds is 5. The summed E-state index contributed by atoms with van der Waals surface area (Å²) in [5.74, 6) is 4.27. The molecule has 1 saturated heterocycles. The zero-order chi connectivity index (χ0) is 18.1. The van der Waals surface area contributed by atoms with Crippen LogP contribution in [0.25, 0.3) is 0 Å². The molecule has 2 aromatic rings. The van der Waals surface area contributed by atoms with Crippen LogP contribution in [0.4, 0.5) is 0 Å². The Hall–Kier alpha value is -2.12. The Labute approximate surface area is 154 Å². The van der Waals surface area contributed by atoms with Gasteiger partial charge in [0.2, 0.25) is 6.79 Å². The molecule has 0 radical (unpaired) electrons. The summed E-state index contributed by atoms with van der Waals surface area (Å²) < 4.78 is 13.1. The monoisotopic (exact) mass is 357 g/mol. The number of aromatic nitrogens is 3. The first-order valence-electron chi connectivity index (χ1n) is 9.24. The van der Waals surface area contributed by atoms with E-state index >= 15 is 0 Å². The SMILES string of the molecule is CN(C)Cc1nnc(C2CCCN(Cc3ccc4c(c3)OCO4)C2)n1C. The number of ether oxygens (including phenoxy) is 2. The Bertz CT molecular complexity index is 773. The molecule has 0 N–H and O–H groups in total. The highest BCUT2D eigenvalue weighted by molar-refractivity contribution is 5.44. The first-order valence-corrected chi connectivity index (χ1v) is 9.24. The van der Waals surface area contributed by atoms with Crippen LogP contribution in [-0.4, -0.2) is 58.5 Å². The average molecular weight is 357 g/mol. The lowest BCUT2D eigenvalue weighted by Gasteiger charge is -2.32. The summed E-state index contributed by atoms with van der Waals surface area (Å²) in [4.78, 5) is 4.63. The lowest BCUT2D eigenvalue weighted by atomic mass is 9.96. The van der Waals surface area contributed by atoms with Crippen molar-refractivity contribution in [3.8, 4) is 11.5 Å². The molecule has 4 rings (SSSR count). The van der Waals surface area contributed by atoms with Crippen molar-refractivity contribution in [2.45, 2.75) is 31.8 Å². The Balaban J connectivity index is 1.44. The van der Waals surface area contributed by atoms with Gasteiger partial charge in [0.1, 0.15) is 11.6 Å². The topological polar surface area (TPSA) is 55.7 Å². The number of hydrogen-bond donors (Lipinski definition) is 0. The van der Waals surface area contributed by atoms with Crippen LogP contribution in [0.5, 0.6) is 11.5 Å². The average Bonchev–Trinajstić information content (AvgIpc) is 3.22. The van der Waals surface area contributed by atoms with Crippen molar-refractivity contribution in [2.75, 3.05) is 34.0 Å². The van der Waals surface area contributed by atoms with Crippen molar-refractivity contribution >= 4 is 0 Å². The number of likely N-dealkylation sites (tertiary alicyclic amines) is 1. The summed E-state index contributed by atoms with van der Waals surface area (Å²) in [6.07, 6.45) is 2.36. The third kappa shape index (κ3) is 3.54. The van der Waals surface area contributed by atoms with Gasteiger partial charge in [0.15, 0.2) is 11.5 Å². The molecule has 0 bridgehead atoms. The Kier molecular flexibility index (Phi) is 4.82. The third-order valence-electron chi connectivity index (χ3n) is 5.17. The fourth-order valence-electron chi connectivity index (χ4n) is 3.86. The molecule has 0 spiro atoms. The molecule has 1 aromatic carbocycles. The van der Waals surface area contributed by atoms with Crippen molar-refractivity contribution in [3.63, 3.8) is 0 Å². The molecule has 0 amide bonds. The van der Waals surface area contributed by atoms with E-state index in [4.69, 9.17) is 9.47 Å². The van der Waals surface area contributed by atoms with Gasteiger partial charge in [-0.2, -0.15) is 0 Å². The molecule has 0 saturated carbocycles. The van der Waals surface area contributed by atoms with Gasteiger partial charge in [-0.3, -0.25) is 4.90 Å². The van der Waals surface area contributed by atoms with Gasteiger partial charge < -0.3 is 18.9 Å². The van der Waals surface area contributed by atoms with Crippen molar-refractivity contribution in [2.24, 2.45) is 7.05 Å². The lowest BCUT2D eigenvalue weighted by molar-refractivity contribution is 0.173. The van der Waals surface area contributed by atoms with Gasteiger partial charge in [-0.05, 0) is 51.2 Å².